The maximum atomic E-state index is 10.7. The van der Waals surface area contributed by atoms with E-state index < -0.39 is 5.97 Å². The summed E-state index contributed by atoms with van der Waals surface area (Å²) in [5.74, 6) is -0.975. The Balaban J connectivity index is 2.79. The first-order valence-electron chi connectivity index (χ1n) is 6.15. The molecule has 0 aliphatic carbocycles. The number of aliphatic carboxylic acids is 1. The molecule has 1 aromatic heterocycles. The van der Waals surface area contributed by atoms with Crippen LogP contribution in [-0.2, 0) is 11.3 Å². The average Bonchev–Trinajstić information content (AvgIpc) is 2.59. The van der Waals surface area contributed by atoms with Crippen molar-refractivity contribution < 1.29 is 9.90 Å². The first-order valence-corrected chi connectivity index (χ1v) is 6.53. The minimum absolute atomic E-state index is 0.583. The van der Waals surface area contributed by atoms with Gasteiger partial charge in [-0.3, -0.25) is 0 Å². The first-order chi connectivity index (χ1) is 8.95. The molecule has 0 radical (unpaired) electrons. The van der Waals surface area contributed by atoms with Gasteiger partial charge in [0.2, 0.25) is 0 Å². The molecule has 0 aliphatic heterocycles. The molecule has 0 atom stereocenters. The fourth-order valence-electron chi connectivity index (χ4n) is 2.22. The van der Waals surface area contributed by atoms with Crippen molar-refractivity contribution in [3.63, 3.8) is 0 Å². The SMILES string of the molecule is CCn1c(Cl)c(/C=C/C(=O)O)c2cc(C)c(C)cc21. The number of halogens is 1. The van der Waals surface area contributed by atoms with Crippen molar-refractivity contribution in [2.24, 2.45) is 0 Å². The Morgan fingerprint density at radius 1 is 1.37 bits per heavy atom. The summed E-state index contributed by atoms with van der Waals surface area (Å²) < 4.78 is 1.99. The van der Waals surface area contributed by atoms with Gasteiger partial charge >= 0.3 is 5.97 Å². The highest BCUT2D eigenvalue weighted by atomic mass is 35.5. The normalized spacial score (nSPS) is 11.6. The van der Waals surface area contributed by atoms with E-state index in [-0.39, 0.29) is 0 Å². The molecule has 0 saturated heterocycles. The lowest BCUT2D eigenvalue weighted by atomic mass is 10.1. The quantitative estimate of drug-likeness (QED) is 0.861. The third kappa shape index (κ3) is 2.38. The number of hydrogen-bond donors (Lipinski definition) is 1. The smallest absolute Gasteiger partial charge is 0.328 e. The van der Waals surface area contributed by atoms with Crippen molar-refractivity contribution in [1.82, 2.24) is 4.57 Å². The number of fused-ring (bicyclic) bond motifs is 1. The molecule has 0 bridgehead atoms. The summed E-state index contributed by atoms with van der Waals surface area (Å²) in [6.45, 7) is 6.86. The minimum Gasteiger partial charge on any atom is -0.478 e. The average molecular weight is 278 g/mol. The highest BCUT2D eigenvalue weighted by Crippen LogP contribution is 2.33. The Morgan fingerprint density at radius 2 is 2.00 bits per heavy atom. The van der Waals surface area contributed by atoms with Gasteiger partial charge in [-0.1, -0.05) is 11.6 Å². The third-order valence-electron chi connectivity index (χ3n) is 3.36. The van der Waals surface area contributed by atoms with E-state index in [9.17, 15) is 4.79 Å². The van der Waals surface area contributed by atoms with Crippen molar-refractivity contribution in [3.8, 4) is 0 Å². The molecular formula is C15H16ClNO2. The Labute approximate surface area is 117 Å². The number of benzene rings is 1. The van der Waals surface area contributed by atoms with E-state index in [0.29, 0.717) is 5.15 Å². The Bertz CT molecular complexity index is 683. The molecule has 2 rings (SSSR count). The monoisotopic (exact) mass is 277 g/mol. The second kappa shape index (κ2) is 5.10. The van der Waals surface area contributed by atoms with Crippen molar-refractivity contribution in [2.75, 3.05) is 0 Å². The number of aryl methyl sites for hydroxylation is 3. The number of aromatic nitrogens is 1. The fourth-order valence-corrected chi connectivity index (χ4v) is 2.60. The van der Waals surface area contributed by atoms with E-state index in [1.54, 1.807) is 6.08 Å². The van der Waals surface area contributed by atoms with Crippen molar-refractivity contribution in [1.29, 1.82) is 0 Å². The van der Waals surface area contributed by atoms with E-state index >= 15 is 0 Å². The molecule has 0 amide bonds. The van der Waals surface area contributed by atoms with Crippen LogP contribution in [0, 0.1) is 13.8 Å². The molecule has 1 aromatic carbocycles. The van der Waals surface area contributed by atoms with Gasteiger partial charge in [-0.05, 0) is 50.1 Å². The number of rotatable bonds is 3. The summed E-state index contributed by atoms with van der Waals surface area (Å²) in [6, 6.07) is 4.16. The maximum Gasteiger partial charge on any atom is 0.328 e. The largest absolute Gasteiger partial charge is 0.478 e. The molecule has 1 N–H and O–H groups in total. The van der Waals surface area contributed by atoms with Gasteiger partial charge in [0.15, 0.2) is 0 Å². The fraction of sp³-hybridized carbons (Fsp3) is 0.267. The summed E-state index contributed by atoms with van der Waals surface area (Å²) in [6.07, 6.45) is 2.68. The highest BCUT2D eigenvalue weighted by Gasteiger charge is 2.14. The van der Waals surface area contributed by atoms with E-state index in [2.05, 4.69) is 19.1 Å². The van der Waals surface area contributed by atoms with Crippen LogP contribution in [0.25, 0.3) is 17.0 Å². The van der Waals surface area contributed by atoms with Crippen LogP contribution in [0.1, 0.15) is 23.6 Å². The van der Waals surface area contributed by atoms with Gasteiger partial charge in [-0.25, -0.2) is 4.79 Å². The summed E-state index contributed by atoms with van der Waals surface area (Å²) >= 11 is 6.36. The predicted octanol–water partition coefficient (Wildman–Crippen LogP) is 4.03. The maximum absolute atomic E-state index is 10.7. The van der Waals surface area contributed by atoms with E-state index in [0.717, 1.165) is 29.1 Å². The molecule has 2 aromatic rings. The topological polar surface area (TPSA) is 42.2 Å². The van der Waals surface area contributed by atoms with Crippen molar-refractivity contribution in [3.05, 3.63) is 40.1 Å². The number of hydrogen-bond acceptors (Lipinski definition) is 1. The van der Waals surface area contributed by atoms with Gasteiger partial charge in [-0.2, -0.15) is 0 Å². The Morgan fingerprint density at radius 3 is 2.58 bits per heavy atom. The highest BCUT2D eigenvalue weighted by molar-refractivity contribution is 6.33. The molecular weight excluding hydrogens is 262 g/mol. The first kappa shape index (κ1) is 13.7. The molecule has 0 spiro atoms. The van der Waals surface area contributed by atoms with Crippen LogP contribution in [0.4, 0.5) is 0 Å². The lowest BCUT2D eigenvalue weighted by Crippen LogP contribution is -1.94. The number of carbonyl (C=O) groups is 1. The molecule has 0 aliphatic rings. The summed E-state index contributed by atoms with van der Waals surface area (Å²) in [5.41, 5.74) is 4.18. The minimum atomic E-state index is -0.975. The van der Waals surface area contributed by atoms with Crippen LogP contribution >= 0.6 is 11.6 Å². The van der Waals surface area contributed by atoms with Crippen LogP contribution in [0.5, 0.6) is 0 Å². The lowest BCUT2D eigenvalue weighted by molar-refractivity contribution is -0.131. The van der Waals surface area contributed by atoms with Crippen LogP contribution in [0.15, 0.2) is 18.2 Å². The molecule has 0 saturated carbocycles. The van der Waals surface area contributed by atoms with Crippen molar-refractivity contribution in [2.45, 2.75) is 27.3 Å². The summed E-state index contributed by atoms with van der Waals surface area (Å²) in [5, 5.41) is 10.3. The third-order valence-corrected chi connectivity index (χ3v) is 3.77. The second-order valence-corrected chi connectivity index (χ2v) is 4.93. The molecule has 19 heavy (non-hydrogen) atoms. The summed E-state index contributed by atoms with van der Waals surface area (Å²) in [4.78, 5) is 10.7. The van der Waals surface area contributed by atoms with Gasteiger partial charge in [0.05, 0.1) is 5.52 Å². The van der Waals surface area contributed by atoms with Crippen LogP contribution in [-0.4, -0.2) is 15.6 Å². The van der Waals surface area contributed by atoms with Crippen molar-refractivity contribution >= 4 is 34.5 Å². The van der Waals surface area contributed by atoms with E-state index in [4.69, 9.17) is 16.7 Å². The molecule has 0 unspecified atom stereocenters. The lowest BCUT2D eigenvalue weighted by Gasteiger charge is -2.04. The molecule has 3 nitrogen and oxygen atoms in total. The van der Waals surface area contributed by atoms with Crippen LogP contribution in [0.3, 0.4) is 0 Å². The predicted molar refractivity (Wildman–Crippen MR) is 78.8 cm³/mol. The zero-order valence-corrected chi connectivity index (χ0v) is 12.0. The number of carboxylic acids is 1. The Hall–Kier alpha value is -1.74. The second-order valence-electron chi connectivity index (χ2n) is 4.57. The molecule has 1 heterocycles. The van der Waals surface area contributed by atoms with Gasteiger partial charge in [0, 0.05) is 23.6 Å². The standard InChI is InChI=1S/C15H16ClNO2/c1-4-17-13-8-10(3)9(2)7-12(13)11(15(17)16)5-6-14(18)19/h5-8H,4H2,1-3H3,(H,18,19)/b6-5+. The van der Waals surface area contributed by atoms with Crippen LogP contribution < -0.4 is 0 Å². The van der Waals surface area contributed by atoms with E-state index in [1.165, 1.54) is 11.1 Å². The van der Waals surface area contributed by atoms with Gasteiger partial charge < -0.3 is 9.67 Å². The zero-order chi connectivity index (χ0) is 14.2. The van der Waals surface area contributed by atoms with Gasteiger partial charge in [-0.15, -0.1) is 0 Å². The summed E-state index contributed by atoms with van der Waals surface area (Å²) in [7, 11) is 0. The van der Waals surface area contributed by atoms with Crippen LogP contribution in [0.2, 0.25) is 5.15 Å². The van der Waals surface area contributed by atoms with Gasteiger partial charge in [0.1, 0.15) is 5.15 Å². The van der Waals surface area contributed by atoms with Gasteiger partial charge in [0.25, 0.3) is 0 Å². The zero-order valence-electron chi connectivity index (χ0n) is 11.2. The molecule has 4 heteroatoms. The number of nitrogens with zero attached hydrogens (tertiary/aromatic N) is 1. The molecule has 0 fully saturated rings. The van der Waals surface area contributed by atoms with E-state index in [1.807, 2.05) is 18.4 Å². The Kier molecular flexibility index (Phi) is 3.67. The molecule has 100 valence electrons. The number of carboxylic acid groups (broad SMARTS) is 1.